The Morgan fingerprint density at radius 3 is 2.54 bits per heavy atom. The van der Waals surface area contributed by atoms with Crippen molar-refractivity contribution in [2.24, 2.45) is 7.05 Å². The monoisotopic (exact) mass is 408 g/mol. The van der Waals surface area contributed by atoms with Crippen LogP contribution in [-0.2, 0) is 16.9 Å². The summed E-state index contributed by atoms with van der Waals surface area (Å²) in [5.41, 5.74) is 1.47. The third-order valence-corrected chi connectivity index (χ3v) is 7.22. The topological polar surface area (TPSA) is 69.0 Å². The molecule has 3 rings (SSSR count). The summed E-state index contributed by atoms with van der Waals surface area (Å²) in [5.74, 6) is 0.240. The van der Waals surface area contributed by atoms with Crippen LogP contribution in [0.3, 0.4) is 0 Å². The number of nitrogens with zero attached hydrogens (tertiary/aromatic N) is 2. The number of halogens is 1. The number of hydrogen-bond donors (Lipinski definition) is 0. The molecule has 0 amide bonds. The Hall–Kier alpha value is -1.83. The second-order valence-corrected chi connectivity index (χ2v) is 9.51. The number of fused-ring (bicyclic) bond motifs is 1. The molecule has 136 valence electrons. The van der Waals surface area contributed by atoms with E-state index >= 15 is 0 Å². The van der Waals surface area contributed by atoms with Gasteiger partial charge in [0.15, 0.2) is 15.0 Å². The van der Waals surface area contributed by atoms with Gasteiger partial charge in [-0.25, -0.2) is 13.4 Å². The third-order valence-electron chi connectivity index (χ3n) is 3.95. The van der Waals surface area contributed by atoms with E-state index in [0.29, 0.717) is 26.8 Å². The fourth-order valence-electron chi connectivity index (χ4n) is 2.50. The van der Waals surface area contributed by atoms with E-state index in [1.54, 1.807) is 25.2 Å². The van der Waals surface area contributed by atoms with Gasteiger partial charge < -0.3 is 0 Å². The first-order valence-electron chi connectivity index (χ1n) is 7.86. The quantitative estimate of drug-likeness (QED) is 0.477. The highest BCUT2D eigenvalue weighted by molar-refractivity contribution is 8.00. The molecule has 3 aromatic rings. The lowest BCUT2D eigenvalue weighted by Gasteiger charge is -2.09. The lowest BCUT2D eigenvalue weighted by atomic mass is 10.2. The molecule has 0 saturated carbocycles. The fourth-order valence-corrected chi connectivity index (χ4v) is 5.24. The van der Waals surface area contributed by atoms with Gasteiger partial charge in [0.1, 0.15) is 0 Å². The van der Waals surface area contributed by atoms with Crippen LogP contribution in [-0.4, -0.2) is 29.5 Å². The molecule has 0 bridgehead atoms. The summed E-state index contributed by atoms with van der Waals surface area (Å²) in [5, 5.41) is 1.55. The van der Waals surface area contributed by atoms with Gasteiger partial charge in [0.05, 0.1) is 21.6 Å². The first kappa shape index (κ1) is 18.9. The maximum absolute atomic E-state index is 12.5. The lowest BCUT2D eigenvalue weighted by molar-refractivity contribution is 0.597. The number of rotatable bonds is 5. The summed E-state index contributed by atoms with van der Waals surface area (Å²) < 4.78 is 26.2. The number of hydrogen-bond acceptors (Lipinski definition) is 5. The zero-order valence-electron chi connectivity index (χ0n) is 14.3. The molecule has 0 unspecified atom stereocenters. The molecule has 0 spiro atoms. The minimum atomic E-state index is -3.41. The molecular formula is C18H17ClN2O3S2. The van der Waals surface area contributed by atoms with Crippen molar-refractivity contribution in [3.05, 3.63) is 63.4 Å². The van der Waals surface area contributed by atoms with Crippen molar-refractivity contribution in [2.75, 3.05) is 11.5 Å². The molecule has 0 atom stereocenters. The Kier molecular flexibility index (Phi) is 5.41. The molecule has 26 heavy (non-hydrogen) atoms. The average molecular weight is 409 g/mol. The smallest absolute Gasteiger partial charge is 0.261 e. The largest absolute Gasteiger partial charge is 0.290 e. The molecule has 0 aliphatic rings. The lowest BCUT2D eigenvalue weighted by Crippen LogP contribution is -2.20. The molecule has 1 aromatic heterocycles. The van der Waals surface area contributed by atoms with Crippen LogP contribution in [0.5, 0.6) is 0 Å². The van der Waals surface area contributed by atoms with Crippen molar-refractivity contribution in [3.8, 4) is 0 Å². The summed E-state index contributed by atoms with van der Waals surface area (Å²) in [6.07, 6.45) is 0. The molecule has 0 fully saturated rings. The highest BCUT2D eigenvalue weighted by Gasteiger charge is 2.16. The highest BCUT2D eigenvalue weighted by Crippen LogP contribution is 2.20. The molecule has 8 heteroatoms. The van der Waals surface area contributed by atoms with Gasteiger partial charge in [-0.15, -0.1) is 0 Å². The number of sulfone groups is 1. The summed E-state index contributed by atoms with van der Waals surface area (Å²) in [6, 6.07) is 11.6. The van der Waals surface area contributed by atoms with Gasteiger partial charge in [0.2, 0.25) is 0 Å². The van der Waals surface area contributed by atoms with Crippen molar-refractivity contribution in [2.45, 2.75) is 17.0 Å². The molecule has 5 nitrogen and oxygen atoms in total. The van der Waals surface area contributed by atoms with Crippen LogP contribution < -0.4 is 5.56 Å². The van der Waals surface area contributed by atoms with E-state index in [4.69, 9.17) is 11.6 Å². The van der Waals surface area contributed by atoms with Crippen molar-refractivity contribution < 1.29 is 8.42 Å². The molecular weight excluding hydrogens is 392 g/mol. The Morgan fingerprint density at radius 2 is 1.85 bits per heavy atom. The van der Waals surface area contributed by atoms with Gasteiger partial charge in [0.25, 0.3) is 5.56 Å². The Morgan fingerprint density at radius 1 is 1.15 bits per heavy atom. The second-order valence-electron chi connectivity index (χ2n) is 5.90. The van der Waals surface area contributed by atoms with E-state index in [9.17, 15) is 13.2 Å². The van der Waals surface area contributed by atoms with Crippen LogP contribution in [0.25, 0.3) is 10.9 Å². The van der Waals surface area contributed by atoms with Crippen LogP contribution in [0.2, 0.25) is 5.02 Å². The van der Waals surface area contributed by atoms with Crippen LogP contribution in [0.15, 0.2) is 57.3 Å². The minimum Gasteiger partial charge on any atom is -0.290 e. The molecule has 0 saturated heterocycles. The second kappa shape index (κ2) is 7.42. The maximum Gasteiger partial charge on any atom is 0.261 e. The molecule has 0 aliphatic heterocycles. The summed E-state index contributed by atoms with van der Waals surface area (Å²) in [7, 11) is -1.77. The van der Waals surface area contributed by atoms with Crippen LogP contribution in [0.1, 0.15) is 5.56 Å². The van der Waals surface area contributed by atoms with E-state index in [1.807, 2.05) is 19.1 Å². The molecule has 0 N–H and O–H groups in total. The Balaban J connectivity index is 1.80. The van der Waals surface area contributed by atoms with Crippen LogP contribution in [0.4, 0.5) is 0 Å². The summed E-state index contributed by atoms with van der Waals surface area (Å²) >= 11 is 7.05. The zero-order valence-corrected chi connectivity index (χ0v) is 16.7. The van der Waals surface area contributed by atoms with Gasteiger partial charge in [-0.1, -0.05) is 35.0 Å². The molecule has 0 radical (unpaired) electrons. The predicted octanol–water partition coefficient (Wildman–Crippen LogP) is 3.46. The van der Waals surface area contributed by atoms with Gasteiger partial charge in [-0.05, 0) is 43.3 Å². The third kappa shape index (κ3) is 3.95. The van der Waals surface area contributed by atoms with Gasteiger partial charge >= 0.3 is 0 Å². The van der Waals surface area contributed by atoms with Crippen molar-refractivity contribution in [1.29, 1.82) is 0 Å². The SMILES string of the molecule is Cc1ccc2nc(SCCS(=O)(=O)c3ccc(Cl)cc3)n(C)c(=O)c2c1. The fraction of sp³-hybridized carbons (Fsp3) is 0.222. The Labute approximate surface area is 160 Å². The first-order chi connectivity index (χ1) is 12.3. The van der Waals surface area contributed by atoms with Gasteiger partial charge in [-0.3, -0.25) is 9.36 Å². The van der Waals surface area contributed by atoms with E-state index in [-0.39, 0.29) is 16.2 Å². The zero-order chi connectivity index (χ0) is 18.9. The number of benzene rings is 2. The predicted molar refractivity (Wildman–Crippen MR) is 106 cm³/mol. The van der Waals surface area contributed by atoms with E-state index in [2.05, 4.69) is 4.98 Å². The van der Waals surface area contributed by atoms with Crippen molar-refractivity contribution >= 4 is 44.1 Å². The summed E-state index contributed by atoms with van der Waals surface area (Å²) in [4.78, 5) is 17.2. The van der Waals surface area contributed by atoms with Gasteiger partial charge in [0, 0.05) is 17.8 Å². The highest BCUT2D eigenvalue weighted by atomic mass is 35.5. The first-order valence-corrected chi connectivity index (χ1v) is 10.9. The van der Waals surface area contributed by atoms with Gasteiger partial charge in [-0.2, -0.15) is 0 Å². The van der Waals surface area contributed by atoms with E-state index < -0.39 is 9.84 Å². The number of aromatic nitrogens is 2. The Bertz CT molecular complexity index is 1120. The maximum atomic E-state index is 12.5. The van der Waals surface area contributed by atoms with E-state index in [1.165, 1.54) is 28.5 Å². The molecule has 2 aromatic carbocycles. The molecule has 0 aliphatic carbocycles. The number of thioether (sulfide) groups is 1. The summed E-state index contributed by atoms with van der Waals surface area (Å²) in [6.45, 7) is 1.92. The minimum absolute atomic E-state index is 0.0545. The molecule has 1 heterocycles. The average Bonchev–Trinajstić information content (AvgIpc) is 2.60. The van der Waals surface area contributed by atoms with Crippen molar-refractivity contribution in [3.63, 3.8) is 0 Å². The number of aryl methyl sites for hydroxylation is 1. The standard InChI is InChI=1S/C18H17ClN2O3S2/c1-12-3-8-16-15(11-12)17(22)21(2)18(20-16)25-9-10-26(23,24)14-6-4-13(19)5-7-14/h3-8,11H,9-10H2,1-2H3. The van der Waals surface area contributed by atoms with E-state index in [0.717, 1.165) is 5.56 Å². The van der Waals surface area contributed by atoms with Crippen LogP contribution in [0, 0.1) is 6.92 Å². The normalized spacial score (nSPS) is 11.8. The van der Waals surface area contributed by atoms with Crippen LogP contribution >= 0.6 is 23.4 Å². The van der Waals surface area contributed by atoms with Crippen molar-refractivity contribution in [1.82, 2.24) is 9.55 Å².